The van der Waals surface area contributed by atoms with Gasteiger partial charge in [-0.3, -0.25) is 4.79 Å². The molecule has 0 amide bonds. The van der Waals surface area contributed by atoms with Crippen molar-refractivity contribution in [2.75, 3.05) is 13.2 Å². The summed E-state index contributed by atoms with van der Waals surface area (Å²) < 4.78 is 12.0. The molecule has 1 aliphatic heterocycles. The summed E-state index contributed by atoms with van der Waals surface area (Å²) in [6, 6.07) is 0. The first-order valence-corrected chi connectivity index (χ1v) is 12.0. The van der Waals surface area contributed by atoms with Crippen molar-refractivity contribution in [1.29, 1.82) is 0 Å². The van der Waals surface area contributed by atoms with Gasteiger partial charge in [-0.05, 0) is 50.4 Å². The van der Waals surface area contributed by atoms with Crippen LogP contribution in [0.1, 0.15) is 90.4 Å². The number of rotatable bonds is 15. The molecule has 6 heteroatoms. The summed E-state index contributed by atoms with van der Waals surface area (Å²) >= 11 is 0. The van der Waals surface area contributed by atoms with E-state index in [-0.39, 0.29) is 18.3 Å². The van der Waals surface area contributed by atoms with Crippen LogP contribution < -0.4 is 0 Å². The minimum atomic E-state index is -0.770. The highest BCUT2D eigenvalue weighted by atomic mass is 16.7. The smallest absolute Gasteiger partial charge is 0.303 e. The molecule has 0 aromatic carbocycles. The Labute approximate surface area is 181 Å². The summed E-state index contributed by atoms with van der Waals surface area (Å²) in [6.45, 7) is 3.48. The van der Waals surface area contributed by atoms with E-state index in [0.717, 1.165) is 32.1 Å². The molecule has 1 saturated carbocycles. The molecule has 1 unspecified atom stereocenters. The fraction of sp³-hybridized carbons (Fsp3) is 0.875. The van der Waals surface area contributed by atoms with Gasteiger partial charge < -0.3 is 24.8 Å². The van der Waals surface area contributed by atoms with Gasteiger partial charge in [0.1, 0.15) is 0 Å². The summed E-state index contributed by atoms with van der Waals surface area (Å²) in [5.41, 5.74) is 0. The van der Waals surface area contributed by atoms with Gasteiger partial charge in [-0.15, -0.1) is 0 Å². The molecule has 174 valence electrons. The number of unbranched alkanes of at least 4 members (excludes halogenated alkanes) is 5. The predicted molar refractivity (Wildman–Crippen MR) is 116 cm³/mol. The molecule has 1 heterocycles. The van der Waals surface area contributed by atoms with Crippen LogP contribution in [0.4, 0.5) is 0 Å². The standard InChI is InChI=1S/C24H42O6/c1-2-3-4-7-10-14-24(29-16-17-30-24)15-13-20-19(21(25)18-22(20)26)11-8-5-6-9-12-23(27)28/h5,8,19-22,25-26H,2-4,6-7,9-18H2,1H3,(H,27,28)/b8-5-/t19?,20-,21-,22+/m1/s1. The third-order valence-electron chi connectivity index (χ3n) is 6.69. The zero-order valence-corrected chi connectivity index (χ0v) is 18.6. The number of aliphatic hydroxyl groups excluding tert-OH is 2. The van der Waals surface area contributed by atoms with Crippen molar-refractivity contribution in [2.45, 2.75) is 108 Å². The van der Waals surface area contributed by atoms with Gasteiger partial charge >= 0.3 is 5.97 Å². The highest BCUT2D eigenvalue weighted by molar-refractivity contribution is 5.66. The number of aliphatic carboxylic acids is 1. The van der Waals surface area contributed by atoms with Crippen LogP contribution in [-0.2, 0) is 14.3 Å². The Morgan fingerprint density at radius 2 is 1.67 bits per heavy atom. The summed E-state index contributed by atoms with van der Waals surface area (Å²) in [4.78, 5) is 10.6. The average Bonchev–Trinajstić information content (AvgIpc) is 3.27. The van der Waals surface area contributed by atoms with Gasteiger partial charge in [0.15, 0.2) is 5.79 Å². The van der Waals surface area contributed by atoms with Crippen molar-refractivity contribution in [3.05, 3.63) is 12.2 Å². The number of aliphatic hydroxyl groups is 2. The van der Waals surface area contributed by atoms with Crippen LogP contribution in [0.2, 0.25) is 0 Å². The van der Waals surface area contributed by atoms with E-state index in [1.54, 1.807) is 0 Å². The van der Waals surface area contributed by atoms with Crippen molar-refractivity contribution in [3.8, 4) is 0 Å². The molecular weight excluding hydrogens is 384 g/mol. The lowest BCUT2D eigenvalue weighted by molar-refractivity contribution is -0.171. The maximum Gasteiger partial charge on any atom is 0.303 e. The van der Waals surface area contributed by atoms with E-state index >= 15 is 0 Å². The highest BCUT2D eigenvalue weighted by Crippen LogP contribution is 2.41. The van der Waals surface area contributed by atoms with E-state index in [1.165, 1.54) is 25.7 Å². The van der Waals surface area contributed by atoms with Gasteiger partial charge in [-0.2, -0.15) is 0 Å². The second kappa shape index (κ2) is 13.5. The van der Waals surface area contributed by atoms with Crippen molar-refractivity contribution in [2.24, 2.45) is 11.8 Å². The SMILES string of the molecule is CCCCCCCC1(CC[C@@H]2C(C/C=C\CCCC(=O)O)[C@H](O)C[C@@H]2O)OCCO1. The molecule has 2 rings (SSSR count). The Hall–Kier alpha value is -0.950. The fourth-order valence-electron chi connectivity index (χ4n) is 4.94. The molecule has 3 N–H and O–H groups in total. The third-order valence-corrected chi connectivity index (χ3v) is 6.69. The normalized spacial score (nSPS) is 28.5. The monoisotopic (exact) mass is 426 g/mol. The van der Waals surface area contributed by atoms with Gasteiger partial charge in [0.2, 0.25) is 0 Å². The molecule has 30 heavy (non-hydrogen) atoms. The van der Waals surface area contributed by atoms with Crippen LogP contribution in [0.3, 0.4) is 0 Å². The summed E-state index contributed by atoms with van der Waals surface area (Å²) in [5.74, 6) is -1.22. The van der Waals surface area contributed by atoms with Crippen LogP contribution in [0.5, 0.6) is 0 Å². The van der Waals surface area contributed by atoms with E-state index in [9.17, 15) is 15.0 Å². The van der Waals surface area contributed by atoms with Crippen LogP contribution >= 0.6 is 0 Å². The van der Waals surface area contributed by atoms with E-state index < -0.39 is 24.0 Å². The maximum atomic E-state index is 10.6. The second-order valence-electron chi connectivity index (χ2n) is 9.00. The summed E-state index contributed by atoms with van der Waals surface area (Å²) in [6.07, 6.45) is 14.2. The molecule has 2 fully saturated rings. The molecule has 0 aromatic rings. The van der Waals surface area contributed by atoms with E-state index in [1.807, 2.05) is 12.2 Å². The van der Waals surface area contributed by atoms with Gasteiger partial charge in [0.25, 0.3) is 0 Å². The Balaban J connectivity index is 1.82. The molecule has 1 aliphatic carbocycles. The Morgan fingerprint density at radius 1 is 0.967 bits per heavy atom. The van der Waals surface area contributed by atoms with Gasteiger partial charge in [-0.1, -0.05) is 44.8 Å². The van der Waals surface area contributed by atoms with Crippen molar-refractivity contribution >= 4 is 5.97 Å². The maximum absolute atomic E-state index is 10.6. The molecular formula is C24H42O6. The van der Waals surface area contributed by atoms with Crippen molar-refractivity contribution in [3.63, 3.8) is 0 Å². The van der Waals surface area contributed by atoms with E-state index in [0.29, 0.717) is 32.5 Å². The molecule has 0 bridgehead atoms. The number of carbonyl (C=O) groups is 1. The van der Waals surface area contributed by atoms with Crippen LogP contribution in [0.15, 0.2) is 12.2 Å². The summed E-state index contributed by atoms with van der Waals surface area (Å²) in [5, 5.41) is 29.7. The predicted octanol–water partition coefficient (Wildman–Crippen LogP) is 4.43. The lowest BCUT2D eigenvalue weighted by Crippen LogP contribution is -2.33. The van der Waals surface area contributed by atoms with Crippen LogP contribution in [-0.4, -0.2) is 52.5 Å². The summed E-state index contributed by atoms with van der Waals surface area (Å²) in [7, 11) is 0. The molecule has 0 radical (unpaired) electrons. The zero-order valence-electron chi connectivity index (χ0n) is 18.6. The molecule has 4 atom stereocenters. The number of allylic oxidation sites excluding steroid dienone is 2. The quantitative estimate of drug-likeness (QED) is 0.265. The third kappa shape index (κ3) is 8.29. The molecule has 0 aromatic heterocycles. The van der Waals surface area contributed by atoms with Crippen molar-refractivity contribution in [1.82, 2.24) is 0 Å². The first-order valence-electron chi connectivity index (χ1n) is 12.0. The first kappa shape index (κ1) is 25.3. The number of carboxylic acids is 1. The Kier molecular flexibility index (Phi) is 11.4. The van der Waals surface area contributed by atoms with Gasteiger partial charge in [-0.25, -0.2) is 0 Å². The molecule has 1 saturated heterocycles. The number of ether oxygens (including phenoxy) is 2. The fourth-order valence-corrected chi connectivity index (χ4v) is 4.94. The Morgan fingerprint density at radius 3 is 2.37 bits per heavy atom. The highest BCUT2D eigenvalue weighted by Gasteiger charge is 2.43. The number of hydrogen-bond acceptors (Lipinski definition) is 5. The molecule has 2 aliphatic rings. The van der Waals surface area contributed by atoms with Crippen LogP contribution in [0, 0.1) is 11.8 Å². The number of carboxylic acid groups (broad SMARTS) is 1. The molecule has 6 nitrogen and oxygen atoms in total. The average molecular weight is 427 g/mol. The minimum Gasteiger partial charge on any atom is -0.481 e. The Bertz CT molecular complexity index is 514. The lowest BCUT2D eigenvalue weighted by atomic mass is 9.85. The topological polar surface area (TPSA) is 96.2 Å². The minimum absolute atomic E-state index is 0.0266. The second-order valence-corrected chi connectivity index (χ2v) is 9.00. The lowest BCUT2D eigenvalue weighted by Gasteiger charge is -2.31. The first-order chi connectivity index (χ1) is 14.5. The molecule has 0 spiro atoms. The van der Waals surface area contributed by atoms with E-state index in [2.05, 4.69) is 6.92 Å². The van der Waals surface area contributed by atoms with Gasteiger partial charge in [0, 0.05) is 19.3 Å². The van der Waals surface area contributed by atoms with Gasteiger partial charge in [0.05, 0.1) is 25.4 Å². The largest absolute Gasteiger partial charge is 0.481 e. The van der Waals surface area contributed by atoms with Crippen LogP contribution in [0.25, 0.3) is 0 Å². The number of hydrogen-bond donors (Lipinski definition) is 3. The van der Waals surface area contributed by atoms with E-state index in [4.69, 9.17) is 14.6 Å². The van der Waals surface area contributed by atoms with Crippen molar-refractivity contribution < 1.29 is 29.6 Å². The zero-order chi connectivity index (χ0) is 21.8.